The third kappa shape index (κ3) is 3.24. The molecule has 1 atom stereocenters. The lowest BCUT2D eigenvalue weighted by molar-refractivity contribution is 0.396. The summed E-state index contributed by atoms with van der Waals surface area (Å²) in [5, 5.41) is 3.52. The topological polar surface area (TPSA) is 12.0 Å². The predicted molar refractivity (Wildman–Crippen MR) is 49.6 cm³/mol. The van der Waals surface area contributed by atoms with Crippen LogP contribution in [0.4, 0.5) is 0 Å². The fourth-order valence-electron chi connectivity index (χ4n) is 1.60. The molecule has 0 saturated heterocycles. The molecule has 1 aliphatic carbocycles. The van der Waals surface area contributed by atoms with Gasteiger partial charge in [0.1, 0.15) is 0 Å². The van der Waals surface area contributed by atoms with E-state index < -0.39 is 0 Å². The fraction of sp³-hybridized carbons (Fsp3) is 1.00. The standard InChI is InChI=1S/C10H21N/c1-4-9(10-5-6-10)7-11-8(2)3/h8-11H,4-7H2,1-3H3. The summed E-state index contributed by atoms with van der Waals surface area (Å²) in [6, 6.07) is 0.655. The Hall–Kier alpha value is -0.0400. The maximum absolute atomic E-state index is 3.52. The summed E-state index contributed by atoms with van der Waals surface area (Å²) >= 11 is 0. The highest BCUT2D eigenvalue weighted by atomic mass is 14.9. The molecule has 1 saturated carbocycles. The van der Waals surface area contributed by atoms with Crippen molar-refractivity contribution in [3.63, 3.8) is 0 Å². The van der Waals surface area contributed by atoms with Crippen molar-refractivity contribution in [1.82, 2.24) is 5.32 Å². The van der Waals surface area contributed by atoms with Gasteiger partial charge in [0.15, 0.2) is 0 Å². The Morgan fingerprint density at radius 1 is 1.36 bits per heavy atom. The number of hydrogen-bond donors (Lipinski definition) is 1. The molecular weight excluding hydrogens is 134 g/mol. The average Bonchev–Trinajstić information content (AvgIpc) is 2.72. The molecule has 1 nitrogen and oxygen atoms in total. The van der Waals surface area contributed by atoms with Crippen LogP contribution in [0.25, 0.3) is 0 Å². The Labute approximate surface area is 70.6 Å². The quantitative estimate of drug-likeness (QED) is 0.643. The second kappa shape index (κ2) is 4.10. The minimum atomic E-state index is 0.655. The molecule has 1 fully saturated rings. The van der Waals surface area contributed by atoms with Gasteiger partial charge >= 0.3 is 0 Å². The first-order valence-electron chi connectivity index (χ1n) is 4.97. The normalized spacial score (nSPS) is 20.7. The lowest BCUT2D eigenvalue weighted by Crippen LogP contribution is -2.29. The van der Waals surface area contributed by atoms with Gasteiger partial charge < -0.3 is 5.32 Å². The van der Waals surface area contributed by atoms with Gasteiger partial charge in [0.05, 0.1) is 0 Å². The van der Waals surface area contributed by atoms with Crippen molar-refractivity contribution < 1.29 is 0 Å². The Morgan fingerprint density at radius 3 is 2.36 bits per heavy atom. The molecule has 1 heteroatoms. The molecular formula is C10H21N. The third-order valence-electron chi connectivity index (χ3n) is 2.60. The van der Waals surface area contributed by atoms with Crippen LogP contribution in [0.3, 0.4) is 0 Å². The van der Waals surface area contributed by atoms with Crippen LogP contribution in [0.1, 0.15) is 40.0 Å². The smallest absolute Gasteiger partial charge is 0.00104 e. The molecule has 0 aliphatic heterocycles. The molecule has 11 heavy (non-hydrogen) atoms. The van der Waals surface area contributed by atoms with Gasteiger partial charge in [-0.3, -0.25) is 0 Å². The minimum Gasteiger partial charge on any atom is -0.314 e. The second-order valence-corrected chi connectivity index (χ2v) is 4.07. The van der Waals surface area contributed by atoms with E-state index in [1.165, 1.54) is 25.8 Å². The van der Waals surface area contributed by atoms with Gasteiger partial charge in [-0.1, -0.05) is 27.2 Å². The van der Waals surface area contributed by atoms with Gasteiger partial charge in [-0.05, 0) is 31.2 Å². The molecule has 0 aromatic rings. The van der Waals surface area contributed by atoms with E-state index in [1.807, 2.05) is 0 Å². The minimum absolute atomic E-state index is 0.655. The molecule has 0 radical (unpaired) electrons. The number of rotatable bonds is 5. The lowest BCUT2D eigenvalue weighted by Gasteiger charge is -2.16. The van der Waals surface area contributed by atoms with E-state index in [1.54, 1.807) is 0 Å². The molecule has 66 valence electrons. The SMILES string of the molecule is CCC(CNC(C)C)C1CC1. The lowest BCUT2D eigenvalue weighted by atomic mass is 10.0. The van der Waals surface area contributed by atoms with Crippen LogP contribution in [-0.2, 0) is 0 Å². The van der Waals surface area contributed by atoms with E-state index in [9.17, 15) is 0 Å². The van der Waals surface area contributed by atoms with Gasteiger partial charge in [0.2, 0.25) is 0 Å². The second-order valence-electron chi connectivity index (χ2n) is 4.07. The molecule has 1 rings (SSSR count). The van der Waals surface area contributed by atoms with Gasteiger partial charge in [0, 0.05) is 6.04 Å². The Bertz CT molecular complexity index is 105. The zero-order valence-electron chi connectivity index (χ0n) is 8.06. The van der Waals surface area contributed by atoms with E-state index in [2.05, 4.69) is 26.1 Å². The van der Waals surface area contributed by atoms with E-state index in [4.69, 9.17) is 0 Å². The van der Waals surface area contributed by atoms with Crippen molar-refractivity contribution in [2.75, 3.05) is 6.54 Å². The summed E-state index contributed by atoms with van der Waals surface area (Å²) < 4.78 is 0. The molecule has 0 aromatic heterocycles. The summed E-state index contributed by atoms with van der Waals surface area (Å²) in [5.74, 6) is 2.02. The van der Waals surface area contributed by atoms with Crippen LogP contribution in [0, 0.1) is 11.8 Å². The highest BCUT2D eigenvalue weighted by Gasteiger charge is 2.29. The highest BCUT2D eigenvalue weighted by Crippen LogP contribution is 2.37. The summed E-state index contributed by atoms with van der Waals surface area (Å²) in [4.78, 5) is 0. The zero-order valence-corrected chi connectivity index (χ0v) is 8.06. The van der Waals surface area contributed by atoms with Crippen LogP contribution in [0.2, 0.25) is 0 Å². The maximum atomic E-state index is 3.52. The molecule has 0 amide bonds. The van der Waals surface area contributed by atoms with Crippen molar-refractivity contribution in [2.45, 2.75) is 46.1 Å². The first kappa shape index (κ1) is 9.05. The summed E-state index contributed by atoms with van der Waals surface area (Å²) in [6.07, 6.45) is 4.32. The first-order valence-corrected chi connectivity index (χ1v) is 4.97. The zero-order chi connectivity index (χ0) is 8.27. The van der Waals surface area contributed by atoms with Gasteiger partial charge in [-0.15, -0.1) is 0 Å². The van der Waals surface area contributed by atoms with Gasteiger partial charge in [0.25, 0.3) is 0 Å². The van der Waals surface area contributed by atoms with E-state index >= 15 is 0 Å². The van der Waals surface area contributed by atoms with Crippen molar-refractivity contribution in [1.29, 1.82) is 0 Å². The predicted octanol–water partition coefficient (Wildman–Crippen LogP) is 2.42. The molecule has 0 bridgehead atoms. The van der Waals surface area contributed by atoms with Crippen LogP contribution in [-0.4, -0.2) is 12.6 Å². The van der Waals surface area contributed by atoms with Crippen LogP contribution in [0.5, 0.6) is 0 Å². The molecule has 0 heterocycles. The highest BCUT2D eigenvalue weighted by molar-refractivity contribution is 4.82. The van der Waals surface area contributed by atoms with Crippen molar-refractivity contribution in [3.05, 3.63) is 0 Å². The fourth-order valence-corrected chi connectivity index (χ4v) is 1.60. The molecule has 1 N–H and O–H groups in total. The molecule has 1 aliphatic rings. The monoisotopic (exact) mass is 155 g/mol. The Kier molecular flexibility index (Phi) is 3.38. The van der Waals surface area contributed by atoms with Gasteiger partial charge in [-0.2, -0.15) is 0 Å². The van der Waals surface area contributed by atoms with Crippen LogP contribution in [0.15, 0.2) is 0 Å². The molecule has 1 unspecified atom stereocenters. The van der Waals surface area contributed by atoms with Crippen molar-refractivity contribution in [2.24, 2.45) is 11.8 Å². The number of nitrogens with one attached hydrogen (secondary N) is 1. The van der Waals surface area contributed by atoms with E-state index in [-0.39, 0.29) is 0 Å². The Balaban J connectivity index is 2.10. The molecule has 0 spiro atoms. The van der Waals surface area contributed by atoms with Crippen molar-refractivity contribution >= 4 is 0 Å². The van der Waals surface area contributed by atoms with Crippen LogP contribution < -0.4 is 5.32 Å². The third-order valence-corrected chi connectivity index (χ3v) is 2.60. The summed E-state index contributed by atoms with van der Waals surface area (Å²) in [6.45, 7) is 7.99. The summed E-state index contributed by atoms with van der Waals surface area (Å²) in [5.41, 5.74) is 0. The first-order chi connectivity index (χ1) is 5.24. The average molecular weight is 155 g/mol. The maximum Gasteiger partial charge on any atom is 0.00104 e. The van der Waals surface area contributed by atoms with Crippen LogP contribution >= 0.6 is 0 Å². The summed E-state index contributed by atoms with van der Waals surface area (Å²) in [7, 11) is 0. The van der Waals surface area contributed by atoms with Crippen molar-refractivity contribution in [3.8, 4) is 0 Å². The van der Waals surface area contributed by atoms with E-state index in [0.717, 1.165) is 11.8 Å². The van der Waals surface area contributed by atoms with E-state index in [0.29, 0.717) is 6.04 Å². The number of hydrogen-bond acceptors (Lipinski definition) is 1. The molecule has 0 aromatic carbocycles. The Morgan fingerprint density at radius 2 is 2.00 bits per heavy atom. The largest absolute Gasteiger partial charge is 0.314 e. The van der Waals surface area contributed by atoms with Gasteiger partial charge in [-0.25, -0.2) is 0 Å².